The molecule has 0 saturated heterocycles. The van der Waals surface area contributed by atoms with Crippen molar-refractivity contribution in [3.05, 3.63) is 53.9 Å². The van der Waals surface area contributed by atoms with Gasteiger partial charge in [-0.15, -0.1) is 0 Å². The van der Waals surface area contributed by atoms with E-state index in [2.05, 4.69) is 14.7 Å². The number of carbonyl (C=O) groups is 1. The Kier molecular flexibility index (Phi) is 5.01. The summed E-state index contributed by atoms with van der Waals surface area (Å²) in [6.45, 7) is -1.37. The lowest BCUT2D eigenvalue weighted by molar-refractivity contribution is -0.0513. The van der Waals surface area contributed by atoms with Gasteiger partial charge in [0.1, 0.15) is 5.82 Å². The SMILES string of the molecule is COc1ccc(C(=O)OC(C)c2nc3ccccc3[nH]2)cc1OC(F)F. The molecule has 136 valence electrons. The number of carbonyl (C=O) groups excluding carboxylic acids is 1. The third-order valence-corrected chi connectivity index (χ3v) is 3.69. The number of alkyl halides is 2. The van der Waals surface area contributed by atoms with Gasteiger partial charge < -0.3 is 19.2 Å². The minimum Gasteiger partial charge on any atom is -0.493 e. The molecule has 3 rings (SSSR count). The van der Waals surface area contributed by atoms with Gasteiger partial charge >= 0.3 is 12.6 Å². The fraction of sp³-hybridized carbons (Fsp3) is 0.222. The Bertz CT molecular complexity index is 893. The fourth-order valence-corrected chi connectivity index (χ4v) is 2.44. The Morgan fingerprint density at radius 2 is 1.92 bits per heavy atom. The zero-order valence-electron chi connectivity index (χ0n) is 14.0. The number of ether oxygens (including phenoxy) is 3. The number of nitrogens with zero attached hydrogens (tertiary/aromatic N) is 1. The molecular formula is C18H16F2N2O4. The molecule has 0 saturated carbocycles. The van der Waals surface area contributed by atoms with Crippen molar-refractivity contribution >= 4 is 17.0 Å². The monoisotopic (exact) mass is 362 g/mol. The van der Waals surface area contributed by atoms with Crippen molar-refractivity contribution in [2.24, 2.45) is 0 Å². The molecule has 0 aliphatic rings. The predicted molar refractivity (Wildman–Crippen MR) is 89.6 cm³/mol. The van der Waals surface area contributed by atoms with Crippen molar-refractivity contribution in [3.8, 4) is 11.5 Å². The van der Waals surface area contributed by atoms with Crippen LogP contribution in [0.4, 0.5) is 8.78 Å². The molecule has 0 spiro atoms. The lowest BCUT2D eigenvalue weighted by atomic mass is 10.2. The summed E-state index contributed by atoms with van der Waals surface area (Å²) >= 11 is 0. The van der Waals surface area contributed by atoms with Crippen LogP contribution in [0, 0.1) is 0 Å². The molecule has 0 fully saturated rings. The van der Waals surface area contributed by atoms with Crippen LogP contribution in [0.25, 0.3) is 11.0 Å². The normalized spacial score (nSPS) is 12.2. The second kappa shape index (κ2) is 7.38. The first-order chi connectivity index (χ1) is 12.5. The van der Waals surface area contributed by atoms with Crippen molar-refractivity contribution < 1.29 is 27.8 Å². The van der Waals surface area contributed by atoms with E-state index < -0.39 is 18.7 Å². The van der Waals surface area contributed by atoms with Crippen LogP contribution < -0.4 is 9.47 Å². The molecule has 8 heteroatoms. The van der Waals surface area contributed by atoms with Gasteiger partial charge in [0, 0.05) is 0 Å². The molecule has 1 unspecified atom stereocenters. The summed E-state index contributed by atoms with van der Waals surface area (Å²) in [4.78, 5) is 19.8. The molecule has 6 nitrogen and oxygen atoms in total. The lowest BCUT2D eigenvalue weighted by Crippen LogP contribution is -2.11. The Morgan fingerprint density at radius 3 is 2.62 bits per heavy atom. The van der Waals surface area contributed by atoms with Crippen molar-refractivity contribution in [3.63, 3.8) is 0 Å². The first-order valence-electron chi connectivity index (χ1n) is 7.76. The van der Waals surface area contributed by atoms with Gasteiger partial charge in [0.15, 0.2) is 17.6 Å². The van der Waals surface area contributed by atoms with Crippen LogP contribution in [0.15, 0.2) is 42.5 Å². The number of fused-ring (bicyclic) bond motifs is 1. The van der Waals surface area contributed by atoms with Crippen molar-refractivity contribution in [2.75, 3.05) is 7.11 Å². The van der Waals surface area contributed by atoms with Gasteiger partial charge in [-0.3, -0.25) is 0 Å². The number of aromatic nitrogens is 2. The summed E-state index contributed by atoms with van der Waals surface area (Å²) in [5.74, 6) is -0.364. The van der Waals surface area contributed by atoms with E-state index in [1.807, 2.05) is 24.3 Å². The quantitative estimate of drug-likeness (QED) is 0.669. The topological polar surface area (TPSA) is 73.4 Å². The summed E-state index contributed by atoms with van der Waals surface area (Å²) in [5, 5.41) is 0. The maximum absolute atomic E-state index is 12.5. The predicted octanol–water partition coefficient (Wildman–Crippen LogP) is 4.09. The molecule has 2 aromatic carbocycles. The number of nitrogens with one attached hydrogen (secondary N) is 1. The van der Waals surface area contributed by atoms with Crippen LogP contribution in [0.2, 0.25) is 0 Å². The highest BCUT2D eigenvalue weighted by atomic mass is 19.3. The van der Waals surface area contributed by atoms with Crippen molar-refractivity contribution in [2.45, 2.75) is 19.6 Å². The third kappa shape index (κ3) is 3.74. The van der Waals surface area contributed by atoms with Crippen LogP contribution in [0.3, 0.4) is 0 Å². The van der Waals surface area contributed by atoms with E-state index in [1.165, 1.54) is 19.2 Å². The number of halogens is 2. The van der Waals surface area contributed by atoms with Gasteiger partial charge in [0.2, 0.25) is 0 Å². The van der Waals surface area contributed by atoms with Crippen LogP contribution in [-0.2, 0) is 4.74 Å². The van der Waals surface area contributed by atoms with Crippen molar-refractivity contribution in [1.82, 2.24) is 9.97 Å². The number of hydrogen-bond acceptors (Lipinski definition) is 5. The molecular weight excluding hydrogens is 346 g/mol. The number of imidazole rings is 1. The number of hydrogen-bond donors (Lipinski definition) is 1. The van der Waals surface area contributed by atoms with Crippen molar-refractivity contribution in [1.29, 1.82) is 0 Å². The Hall–Kier alpha value is -3.16. The average molecular weight is 362 g/mol. The molecule has 3 aromatic rings. The molecule has 1 aromatic heterocycles. The zero-order chi connectivity index (χ0) is 18.7. The highest BCUT2D eigenvalue weighted by molar-refractivity contribution is 5.90. The summed E-state index contributed by atoms with van der Waals surface area (Å²) < 4.78 is 39.7. The summed E-state index contributed by atoms with van der Waals surface area (Å²) in [6.07, 6.45) is -0.656. The number of methoxy groups -OCH3 is 1. The van der Waals surface area contributed by atoms with Crippen LogP contribution in [-0.4, -0.2) is 29.7 Å². The molecule has 1 N–H and O–H groups in total. The molecule has 0 bridgehead atoms. The molecule has 0 amide bonds. The number of benzene rings is 2. The van der Waals surface area contributed by atoms with E-state index in [1.54, 1.807) is 6.92 Å². The van der Waals surface area contributed by atoms with Gasteiger partial charge in [-0.1, -0.05) is 12.1 Å². The first-order valence-corrected chi connectivity index (χ1v) is 7.76. The zero-order valence-corrected chi connectivity index (χ0v) is 14.0. The van der Waals surface area contributed by atoms with Gasteiger partial charge in [0.05, 0.1) is 23.7 Å². The highest BCUT2D eigenvalue weighted by Crippen LogP contribution is 2.30. The lowest BCUT2D eigenvalue weighted by Gasteiger charge is -2.13. The van der Waals surface area contributed by atoms with E-state index in [9.17, 15) is 13.6 Å². The highest BCUT2D eigenvalue weighted by Gasteiger charge is 2.19. The van der Waals surface area contributed by atoms with Crippen LogP contribution >= 0.6 is 0 Å². The summed E-state index contributed by atoms with van der Waals surface area (Å²) in [6, 6.07) is 11.3. The number of rotatable bonds is 6. The minimum atomic E-state index is -3.04. The summed E-state index contributed by atoms with van der Waals surface area (Å²) in [5.41, 5.74) is 1.63. The Morgan fingerprint density at radius 1 is 1.15 bits per heavy atom. The fourth-order valence-electron chi connectivity index (χ4n) is 2.44. The third-order valence-electron chi connectivity index (χ3n) is 3.69. The summed E-state index contributed by atoms with van der Waals surface area (Å²) in [7, 11) is 1.31. The van der Waals surface area contributed by atoms with Gasteiger partial charge in [-0.05, 0) is 37.3 Å². The minimum absolute atomic E-state index is 0.0596. The molecule has 0 aliphatic heterocycles. The number of para-hydroxylation sites is 2. The average Bonchev–Trinajstić information content (AvgIpc) is 3.05. The van der Waals surface area contributed by atoms with E-state index in [0.717, 1.165) is 17.1 Å². The van der Waals surface area contributed by atoms with Gasteiger partial charge in [-0.2, -0.15) is 8.78 Å². The maximum Gasteiger partial charge on any atom is 0.387 e. The van der Waals surface area contributed by atoms with Gasteiger partial charge in [-0.25, -0.2) is 9.78 Å². The molecule has 1 atom stereocenters. The largest absolute Gasteiger partial charge is 0.493 e. The molecule has 1 heterocycles. The second-order valence-corrected chi connectivity index (χ2v) is 5.43. The molecule has 26 heavy (non-hydrogen) atoms. The standard InChI is InChI=1S/C18H16F2N2O4/c1-10(16-21-12-5-3-4-6-13(12)22-16)25-17(23)11-7-8-14(24-2)15(9-11)26-18(19)20/h3-10,18H,1-2H3,(H,21,22). The van der Waals surface area contributed by atoms with E-state index in [4.69, 9.17) is 9.47 Å². The van der Waals surface area contributed by atoms with E-state index >= 15 is 0 Å². The number of H-pyrrole nitrogens is 1. The Balaban J connectivity index is 1.78. The second-order valence-electron chi connectivity index (χ2n) is 5.43. The molecule has 0 aliphatic carbocycles. The van der Waals surface area contributed by atoms with E-state index in [0.29, 0.717) is 5.82 Å². The van der Waals surface area contributed by atoms with Crippen LogP contribution in [0.5, 0.6) is 11.5 Å². The maximum atomic E-state index is 12.5. The Labute approximate surface area is 147 Å². The van der Waals surface area contributed by atoms with E-state index in [-0.39, 0.29) is 17.1 Å². The van der Waals surface area contributed by atoms with Crippen LogP contribution in [0.1, 0.15) is 29.2 Å². The smallest absolute Gasteiger partial charge is 0.387 e. The first kappa shape index (κ1) is 17.7. The van der Waals surface area contributed by atoms with Gasteiger partial charge in [0.25, 0.3) is 0 Å². The number of aromatic amines is 1. The molecule has 0 radical (unpaired) electrons. The number of esters is 1.